The number of sulfonamides is 1. The summed E-state index contributed by atoms with van der Waals surface area (Å²) in [4.78, 5) is 0.206. The van der Waals surface area contributed by atoms with Gasteiger partial charge in [-0.2, -0.15) is 11.8 Å². The maximum atomic E-state index is 12.2. The Bertz CT molecular complexity index is 543. The first-order valence-electron chi connectivity index (χ1n) is 6.11. The maximum absolute atomic E-state index is 12.2. The van der Waals surface area contributed by atoms with Gasteiger partial charge in [0.1, 0.15) is 0 Å². The van der Waals surface area contributed by atoms with E-state index in [1.807, 2.05) is 11.8 Å². The second kappa shape index (κ2) is 6.47. The summed E-state index contributed by atoms with van der Waals surface area (Å²) >= 11 is 5.19. The summed E-state index contributed by atoms with van der Waals surface area (Å²) in [6.07, 6.45) is 2.15. The van der Waals surface area contributed by atoms with Crippen molar-refractivity contribution in [2.45, 2.75) is 17.7 Å². The van der Waals surface area contributed by atoms with Crippen LogP contribution in [0.3, 0.4) is 0 Å². The van der Waals surface area contributed by atoms with Crippen LogP contribution in [-0.4, -0.2) is 26.5 Å². The zero-order valence-corrected chi connectivity index (χ0v) is 13.7. The lowest BCUT2D eigenvalue weighted by molar-refractivity contribution is 0.476. The predicted molar refractivity (Wildman–Crippen MR) is 83.8 cm³/mol. The van der Waals surface area contributed by atoms with Crippen LogP contribution in [0.25, 0.3) is 0 Å². The van der Waals surface area contributed by atoms with Gasteiger partial charge in [0, 0.05) is 16.7 Å². The van der Waals surface area contributed by atoms with E-state index >= 15 is 0 Å². The Morgan fingerprint density at radius 1 is 1.37 bits per heavy atom. The highest BCUT2D eigenvalue weighted by Gasteiger charge is 2.21. The van der Waals surface area contributed by atoms with E-state index in [0.29, 0.717) is 22.6 Å². The zero-order chi connectivity index (χ0) is 13.9. The molecule has 0 spiro atoms. The monoisotopic (exact) mass is 364 g/mol. The molecule has 0 bridgehead atoms. The Hall–Kier alpha value is -0.240. The van der Waals surface area contributed by atoms with E-state index in [9.17, 15) is 8.42 Å². The summed E-state index contributed by atoms with van der Waals surface area (Å²) < 4.78 is 27.7. The Balaban J connectivity index is 2.07. The van der Waals surface area contributed by atoms with Crippen molar-refractivity contribution in [2.75, 3.05) is 23.8 Å². The average molecular weight is 365 g/mol. The first kappa shape index (κ1) is 15.2. The number of hydrogen-bond donors (Lipinski definition) is 2. The van der Waals surface area contributed by atoms with Crippen LogP contribution in [0.2, 0.25) is 0 Å². The molecule has 0 atom stereocenters. The van der Waals surface area contributed by atoms with Crippen molar-refractivity contribution >= 4 is 43.4 Å². The molecule has 0 unspecified atom stereocenters. The molecular formula is C12H17BrN2O2S2. The van der Waals surface area contributed by atoms with Gasteiger partial charge in [0.2, 0.25) is 10.0 Å². The van der Waals surface area contributed by atoms with Crippen molar-refractivity contribution in [1.82, 2.24) is 4.72 Å². The summed E-state index contributed by atoms with van der Waals surface area (Å²) in [6.45, 7) is 0.504. The molecule has 1 aliphatic rings. The summed E-state index contributed by atoms with van der Waals surface area (Å²) in [5, 5.41) is 0. The molecule has 0 amide bonds. The molecule has 0 radical (unpaired) electrons. The van der Waals surface area contributed by atoms with Crippen molar-refractivity contribution in [3.63, 3.8) is 0 Å². The number of rotatable bonds is 4. The fraction of sp³-hybridized carbons (Fsp3) is 0.500. The highest BCUT2D eigenvalue weighted by atomic mass is 79.9. The van der Waals surface area contributed by atoms with Gasteiger partial charge in [-0.25, -0.2) is 13.1 Å². The lowest BCUT2D eigenvalue weighted by Crippen LogP contribution is -2.31. The van der Waals surface area contributed by atoms with Gasteiger partial charge in [-0.1, -0.05) is 0 Å². The standard InChI is InChI=1S/C12H17BrN2O2S2/c13-11-2-1-10(14)7-12(11)19(16,17)15-8-9-3-5-18-6-4-9/h1-2,7,9,15H,3-6,8,14H2. The maximum Gasteiger partial charge on any atom is 0.241 e. The number of hydrogen-bond acceptors (Lipinski definition) is 4. The fourth-order valence-corrected chi connectivity index (χ4v) is 5.30. The lowest BCUT2D eigenvalue weighted by Gasteiger charge is -2.21. The molecule has 3 N–H and O–H groups in total. The number of anilines is 1. The van der Waals surface area contributed by atoms with Crippen LogP contribution in [-0.2, 0) is 10.0 Å². The van der Waals surface area contributed by atoms with E-state index in [2.05, 4.69) is 20.7 Å². The van der Waals surface area contributed by atoms with Gasteiger partial charge in [0.15, 0.2) is 0 Å². The molecule has 1 fully saturated rings. The van der Waals surface area contributed by atoms with Gasteiger partial charge in [-0.05, 0) is 64.4 Å². The van der Waals surface area contributed by atoms with Crippen molar-refractivity contribution in [1.29, 1.82) is 0 Å². The van der Waals surface area contributed by atoms with Crippen molar-refractivity contribution in [2.24, 2.45) is 5.92 Å². The number of nitrogens with two attached hydrogens (primary N) is 1. The SMILES string of the molecule is Nc1ccc(Br)c(S(=O)(=O)NCC2CCSCC2)c1. The minimum atomic E-state index is -3.50. The van der Waals surface area contributed by atoms with Crippen LogP contribution in [0.4, 0.5) is 5.69 Å². The molecular weight excluding hydrogens is 348 g/mol. The molecule has 1 aliphatic heterocycles. The number of halogens is 1. The third kappa shape index (κ3) is 4.11. The van der Waals surface area contributed by atoms with Gasteiger partial charge < -0.3 is 5.73 Å². The van der Waals surface area contributed by atoms with Gasteiger partial charge in [0.25, 0.3) is 0 Å². The molecule has 19 heavy (non-hydrogen) atoms. The van der Waals surface area contributed by atoms with E-state index < -0.39 is 10.0 Å². The minimum absolute atomic E-state index is 0.206. The molecule has 4 nitrogen and oxygen atoms in total. The van der Waals surface area contributed by atoms with E-state index in [1.54, 1.807) is 12.1 Å². The van der Waals surface area contributed by atoms with Crippen molar-refractivity contribution < 1.29 is 8.42 Å². The van der Waals surface area contributed by atoms with E-state index in [4.69, 9.17) is 5.73 Å². The summed E-state index contributed by atoms with van der Waals surface area (Å²) in [7, 11) is -3.50. The van der Waals surface area contributed by atoms with Crippen LogP contribution in [0, 0.1) is 5.92 Å². The van der Waals surface area contributed by atoms with Crippen LogP contribution < -0.4 is 10.5 Å². The third-order valence-corrected chi connectivity index (χ3v) is 6.61. The van der Waals surface area contributed by atoms with Crippen LogP contribution >= 0.6 is 27.7 Å². The Kier molecular flexibility index (Phi) is 5.16. The molecule has 1 heterocycles. The number of benzene rings is 1. The van der Waals surface area contributed by atoms with Gasteiger partial charge in [0.05, 0.1) is 4.90 Å². The van der Waals surface area contributed by atoms with E-state index in [-0.39, 0.29) is 4.90 Å². The summed E-state index contributed by atoms with van der Waals surface area (Å²) in [6, 6.07) is 4.80. The van der Waals surface area contributed by atoms with Gasteiger partial charge in [-0.15, -0.1) is 0 Å². The second-order valence-corrected chi connectivity index (χ2v) is 8.41. The molecule has 1 saturated heterocycles. The second-order valence-electron chi connectivity index (χ2n) is 4.60. The largest absolute Gasteiger partial charge is 0.399 e. The predicted octanol–water partition coefficient (Wildman–Crippen LogP) is 2.45. The smallest absolute Gasteiger partial charge is 0.241 e. The molecule has 7 heteroatoms. The normalized spacial score (nSPS) is 17.5. The Labute approximate surface area is 126 Å². The number of thioether (sulfide) groups is 1. The fourth-order valence-electron chi connectivity index (χ4n) is 1.98. The first-order valence-corrected chi connectivity index (χ1v) is 9.54. The molecule has 1 aromatic rings. The minimum Gasteiger partial charge on any atom is -0.399 e. The van der Waals surface area contributed by atoms with Crippen LogP contribution in [0.5, 0.6) is 0 Å². The van der Waals surface area contributed by atoms with Crippen molar-refractivity contribution in [3.05, 3.63) is 22.7 Å². The highest BCUT2D eigenvalue weighted by Crippen LogP contribution is 2.25. The number of nitrogen functional groups attached to an aromatic ring is 1. The highest BCUT2D eigenvalue weighted by molar-refractivity contribution is 9.10. The average Bonchev–Trinajstić information content (AvgIpc) is 2.40. The molecule has 0 saturated carbocycles. The number of nitrogens with one attached hydrogen (secondary N) is 1. The molecule has 106 valence electrons. The molecule has 2 rings (SSSR count). The van der Waals surface area contributed by atoms with Gasteiger partial charge >= 0.3 is 0 Å². The summed E-state index contributed by atoms with van der Waals surface area (Å²) in [5.41, 5.74) is 6.09. The first-order chi connectivity index (χ1) is 8.99. The topological polar surface area (TPSA) is 72.2 Å². The van der Waals surface area contributed by atoms with Crippen LogP contribution in [0.1, 0.15) is 12.8 Å². The molecule has 1 aromatic carbocycles. The van der Waals surface area contributed by atoms with Gasteiger partial charge in [-0.3, -0.25) is 0 Å². The Morgan fingerprint density at radius 2 is 2.05 bits per heavy atom. The Morgan fingerprint density at radius 3 is 2.74 bits per heavy atom. The molecule has 0 aromatic heterocycles. The van der Waals surface area contributed by atoms with E-state index in [0.717, 1.165) is 24.3 Å². The molecule has 0 aliphatic carbocycles. The quantitative estimate of drug-likeness (QED) is 0.804. The van der Waals surface area contributed by atoms with E-state index in [1.165, 1.54) is 6.07 Å². The van der Waals surface area contributed by atoms with Crippen molar-refractivity contribution in [3.8, 4) is 0 Å². The zero-order valence-electron chi connectivity index (χ0n) is 10.4. The third-order valence-electron chi connectivity index (χ3n) is 3.15. The summed E-state index contributed by atoms with van der Waals surface area (Å²) in [5.74, 6) is 2.68. The van der Waals surface area contributed by atoms with Crippen LogP contribution in [0.15, 0.2) is 27.6 Å². The lowest BCUT2D eigenvalue weighted by atomic mass is 10.0.